The quantitative estimate of drug-likeness (QED) is 0.836. The van der Waals surface area contributed by atoms with Gasteiger partial charge in [0.15, 0.2) is 0 Å². The van der Waals surface area contributed by atoms with Crippen LogP contribution in [-0.4, -0.2) is 41.6 Å². The van der Waals surface area contributed by atoms with Gasteiger partial charge in [0.1, 0.15) is 5.60 Å². The predicted molar refractivity (Wildman–Crippen MR) is 106 cm³/mol. The number of nitrogens with one attached hydrogen (secondary N) is 1. The second-order valence-corrected chi connectivity index (χ2v) is 9.24. The Balaban J connectivity index is 1.48. The zero-order chi connectivity index (χ0) is 19.7. The number of rotatable bonds is 4. The van der Waals surface area contributed by atoms with Crippen molar-refractivity contribution in [1.82, 2.24) is 10.2 Å². The van der Waals surface area contributed by atoms with Crippen LogP contribution in [0.2, 0.25) is 5.02 Å². The summed E-state index contributed by atoms with van der Waals surface area (Å²) in [4.78, 5) is 26.7. The maximum atomic E-state index is 12.8. The summed E-state index contributed by atoms with van der Waals surface area (Å²) in [6.07, 6.45) is 3.88. The van der Waals surface area contributed by atoms with Gasteiger partial charge in [-0.2, -0.15) is 0 Å². The van der Waals surface area contributed by atoms with E-state index in [9.17, 15) is 9.59 Å². The van der Waals surface area contributed by atoms with Crippen molar-refractivity contribution in [3.05, 3.63) is 34.9 Å². The average Bonchev–Trinajstić information content (AvgIpc) is 3.37. The van der Waals surface area contributed by atoms with Gasteiger partial charge in [0.05, 0.1) is 5.41 Å². The third kappa shape index (κ3) is 5.38. The Morgan fingerprint density at radius 1 is 1.19 bits per heavy atom. The van der Waals surface area contributed by atoms with Gasteiger partial charge in [-0.05, 0) is 70.6 Å². The van der Waals surface area contributed by atoms with Crippen LogP contribution in [0.25, 0.3) is 0 Å². The number of piperidine rings is 1. The molecule has 1 N–H and O–H groups in total. The van der Waals surface area contributed by atoms with Gasteiger partial charge < -0.3 is 15.0 Å². The van der Waals surface area contributed by atoms with E-state index in [1.165, 1.54) is 0 Å². The molecule has 0 unspecified atom stereocenters. The molecule has 3 rings (SSSR count). The molecule has 5 nitrogen and oxygen atoms in total. The topological polar surface area (TPSA) is 58.6 Å². The molecule has 148 valence electrons. The summed E-state index contributed by atoms with van der Waals surface area (Å²) in [5.74, 6) is 0.146. The molecule has 2 aliphatic rings. The van der Waals surface area contributed by atoms with Crippen molar-refractivity contribution in [3.8, 4) is 0 Å². The van der Waals surface area contributed by atoms with E-state index in [0.29, 0.717) is 18.1 Å². The van der Waals surface area contributed by atoms with E-state index in [1.54, 1.807) is 4.90 Å². The summed E-state index contributed by atoms with van der Waals surface area (Å²) in [5, 5.41) is 3.93. The van der Waals surface area contributed by atoms with Gasteiger partial charge in [-0.1, -0.05) is 23.7 Å². The Kier molecular flexibility index (Phi) is 5.71. The second kappa shape index (κ2) is 7.70. The predicted octanol–water partition coefficient (Wildman–Crippen LogP) is 4.18. The minimum atomic E-state index is -0.484. The first-order valence-corrected chi connectivity index (χ1v) is 10.1. The number of amides is 2. The fourth-order valence-corrected chi connectivity index (χ4v) is 3.63. The minimum Gasteiger partial charge on any atom is -0.444 e. The van der Waals surface area contributed by atoms with Gasteiger partial charge in [0, 0.05) is 24.2 Å². The molecule has 27 heavy (non-hydrogen) atoms. The van der Waals surface area contributed by atoms with Crippen molar-refractivity contribution < 1.29 is 14.3 Å². The molecule has 2 fully saturated rings. The Hall–Kier alpha value is -1.75. The highest BCUT2D eigenvalue weighted by atomic mass is 35.5. The molecule has 1 aliphatic carbocycles. The van der Waals surface area contributed by atoms with E-state index in [1.807, 2.05) is 45.0 Å². The van der Waals surface area contributed by atoms with Crippen LogP contribution in [0.5, 0.6) is 0 Å². The normalized spacial score (nSPS) is 19.5. The van der Waals surface area contributed by atoms with Gasteiger partial charge >= 0.3 is 6.09 Å². The van der Waals surface area contributed by atoms with E-state index >= 15 is 0 Å². The second-order valence-electron chi connectivity index (χ2n) is 8.80. The molecule has 2 amide bonds. The molecule has 0 radical (unpaired) electrons. The molecule has 0 atom stereocenters. The van der Waals surface area contributed by atoms with Gasteiger partial charge in [-0.25, -0.2) is 4.79 Å². The largest absolute Gasteiger partial charge is 0.444 e. The van der Waals surface area contributed by atoms with E-state index in [0.717, 1.165) is 37.7 Å². The van der Waals surface area contributed by atoms with E-state index in [-0.39, 0.29) is 23.5 Å². The minimum absolute atomic E-state index is 0.124. The third-order valence-corrected chi connectivity index (χ3v) is 5.52. The van der Waals surface area contributed by atoms with E-state index in [4.69, 9.17) is 16.3 Å². The molecule has 1 saturated heterocycles. The van der Waals surface area contributed by atoms with Crippen LogP contribution < -0.4 is 5.32 Å². The standard InChI is InChI=1S/C21H29ClN2O3/c1-20(2,3)27-19(26)24-12-8-17(9-13-24)23-18(25)21(10-11-21)14-15-4-6-16(22)7-5-15/h4-7,17H,8-14H2,1-3H3,(H,23,25). The summed E-state index contributed by atoms with van der Waals surface area (Å²) in [6.45, 7) is 6.84. The Bertz CT molecular complexity index is 684. The van der Waals surface area contributed by atoms with Crippen molar-refractivity contribution in [2.45, 2.75) is 64.5 Å². The molecule has 6 heteroatoms. The highest BCUT2D eigenvalue weighted by Gasteiger charge is 2.50. The first kappa shape index (κ1) is 20.0. The SMILES string of the molecule is CC(C)(C)OC(=O)N1CCC(NC(=O)C2(Cc3ccc(Cl)cc3)CC2)CC1. The lowest BCUT2D eigenvalue weighted by atomic mass is 9.94. The van der Waals surface area contributed by atoms with Gasteiger partial charge in [0.2, 0.25) is 5.91 Å². The Labute approximate surface area is 166 Å². The van der Waals surface area contributed by atoms with Crippen LogP contribution in [0, 0.1) is 5.41 Å². The fraction of sp³-hybridized carbons (Fsp3) is 0.619. The third-order valence-electron chi connectivity index (χ3n) is 5.27. The summed E-state index contributed by atoms with van der Waals surface area (Å²) < 4.78 is 5.42. The highest BCUT2D eigenvalue weighted by molar-refractivity contribution is 6.30. The zero-order valence-electron chi connectivity index (χ0n) is 16.4. The molecule has 0 spiro atoms. The van der Waals surface area contributed by atoms with Crippen LogP contribution in [0.15, 0.2) is 24.3 Å². The average molecular weight is 393 g/mol. The van der Waals surface area contributed by atoms with Gasteiger partial charge in [-0.3, -0.25) is 4.79 Å². The number of nitrogens with zero attached hydrogens (tertiary/aromatic N) is 1. The molecule has 1 heterocycles. The van der Waals surface area contributed by atoms with Crippen LogP contribution in [0.4, 0.5) is 4.79 Å². The van der Waals surface area contributed by atoms with Gasteiger partial charge in [-0.15, -0.1) is 0 Å². The first-order valence-electron chi connectivity index (χ1n) is 9.70. The lowest BCUT2D eigenvalue weighted by Gasteiger charge is -2.34. The lowest BCUT2D eigenvalue weighted by molar-refractivity contribution is -0.127. The molecular formula is C21H29ClN2O3. The molecule has 0 aromatic heterocycles. The van der Waals surface area contributed by atoms with E-state index in [2.05, 4.69) is 5.32 Å². The fourth-order valence-electron chi connectivity index (χ4n) is 3.50. The van der Waals surface area contributed by atoms with Crippen molar-refractivity contribution in [2.75, 3.05) is 13.1 Å². The number of hydrogen-bond acceptors (Lipinski definition) is 3. The van der Waals surface area contributed by atoms with Crippen molar-refractivity contribution in [1.29, 1.82) is 0 Å². The molecular weight excluding hydrogens is 364 g/mol. The maximum absolute atomic E-state index is 12.8. The molecule has 1 aliphatic heterocycles. The van der Waals surface area contributed by atoms with Crippen LogP contribution in [-0.2, 0) is 16.0 Å². The van der Waals surface area contributed by atoms with Crippen LogP contribution >= 0.6 is 11.6 Å². The van der Waals surface area contributed by atoms with E-state index < -0.39 is 5.60 Å². The number of halogens is 1. The van der Waals surface area contributed by atoms with Gasteiger partial charge in [0.25, 0.3) is 0 Å². The number of ether oxygens (including phenoxy) is 1. The number of likely N-dealkylation sites (tertiary alicyclic amines) is 1. The maximum Gasteiger partial charge on any atom is 0.410 e. The smallest absolute Gasteiger partial charge is 0.410 e. The molecule has 1 saturated carbocycles. The molecule has 1 aromatic rings. The first-order chi connectivity index (χ1) is 12.7. The summed E-state index contributed by atoms with van der Waals surface area (Å²) in [5.41, 5.74) is 0.393. The van der Waals surface area contributed by atoms with Crippen LogP contribution in [0.3, 0.4) is 0 Å². The molecule has 1 aromatic carbocycles. The van der Waals surface area contributed by atoms with Crippen molar-refractivity contribution in [3.63, 3.8) is 0 Å². The number of carbonyl (C=O) groups is 2. The highest BCUT2D eigenvalue weighted by Crippen LogP contribution is 2.48. The number of benzene rings is 1. The summed E-state index contributed by atoms with van der Waals surface area (Å²) >= 11 is 5.94. The van der Waals surface area contributed by atoms with Crippen LogP contribution in [0.1, 0.15) is 52.0 Å². The lowest BCUT2D eigenvalue weighted by Crippen LogP contribution is -2.49. The Morgan fingerprint density at radius 3 is 2.30 bits per heavy atom. The monoisotopic (exact) mass is 392 g/mol. The number of hydrogen-bond donors (Lipinski definition) is 1. The summed E-state index contributed by atoms with van der Waals surface area (Å²) in [6, 6.07) is 7.86. The number of carbonyl (C=O) groups excluding carboxylic acids is 2. The van der Waals surface area contributed by atoms with Crippen molar-refractivity contribution in [2.24, 2.45) is 5.41 Å². The Morgan fingerprint density at radius 2 is 1.78 bits per heavy atom. The molecule has 0 bridgehead atoms. The van der Waals surface area contributed by atoms with Crippen molar-refractivity contribution >= 4 is 23.6 Å². The zero-order valence-corrected chi connectivity index (χ0v) is 17.1. The summed E-state index contributed by atoms with van der Waals surface area (Å²) in [7, 11) is 0.